The Morgan fingerprint density at radius 2 is 0.875 bits per heavy atom. The van der Waals surface area contributed by atoms with Gasteiger partial charge in [0.2, 0.25) is 11.8 Å². The van der Waals surface area contributed by atoms with Crippen molar-refractivity contribution in [1.29, 1.82) is 0 Å². The Labute approximate surface area is 308 Å². The lowest BCUT2D eigenvalue weighted by molar-refractivity contribution is -0.128. The summed E-state index contributed by atoms with van der Waals surface area (Å²) in [6.07, 6.45) is 19.9. The Bertz CT molecular complexity index is 1280. The lowest BCUT2D eigenvalue weighted by Gasteiger charge is -2.40. The number of hydrogen-bond donors (Lipinski definition) is 0. The van der Waals surface area contributed by atoms with Crippen LogP contribution in [-0.4, -0.2) is 96.9 Å². The maximum Gasteiger partial charge on any atom is 0.246 e. The highest BCUT2D eigenvalue weighted by Crippen LogP contribution is 2.30. The van der Waals surface area contributed by atoms with Gasteiger partial charge in [0, 0.05) is 87.6 Å². The van der Waals surface area contributed by atoms with Crippen LogP contribution in [0.5, 0.6) is 0 Å². The van der Waals surface area contributed by atoms with Crippen LogP contribution in [0.15, 0.2) is 85.0 Å². The van der Waals surface area contributed by atoms with Crippen LogP contribution in [0.3, 0.4) is 0 Å². The Morgan fingerprint density at radius 1 is 0.542 bits per heavy atom. The molecule has 1 aliphatic carbocycles. The van der Waals surface area contributed by atoms with Crippen LogP contribution in [0, 0.1) is 11.8 Å². The summed E-state index contributed by atoms with van der Waals surface area (Å²) in [6.45, 7) is 9.30. The first-order valence-corrected chi connectivity index (χ1v) is 17.4. The molecule has 2 saturated heterocycles. The molecule has 0 atom stereocenters. The smallest absolute Gasteiger partial charge is 0.246 e. The molecule has 2 heterocycles. The molecule has 2 amide bonds. The number of piperazine rings is 2. The van der Waals surface area contributed by atoms with Crippen molar-refractivity contribution >= 4 is 72.0 Å². The number of rotatable bonds is 10. The van der Waals surface area contributed by atoms with Gasteiger partial charge in [-0.1, -0.05) is 83.9 Å². The van der Waals surface area contributed by atoms with E-state index in [0.29, 0.717) is 0 Å². The average Bonchev–Trinajstić information content (AvgIpc) is 3.08. The first-order chi connectivity index (χ1) is 22.4. The number of nitrogens with zero attached hydrogens (tertiary/aromatic N) is 4. The molecule has 2 aromatic carbocycles. The molecule has 1 saturated carbocycles. The third-order valence-electron chi connectivity index (χ3n) is 9.38. The summed E-state index contributed by atoms with van der Waals surface area (Å²) in [7, 11) is 0. The fourth-order valence-electron chi connectivity index (χ4n) is 6.60. The van der Waals surface area contributed by atoms with Gasteiger partial charge in [-0.25, -0.2) is 0 Å². The maximum atomic E-state index is 12.6. The molecular weight excluding hydrogens is 686 g/mol. The van der Waals surface area contributed by atoms with Crippen LogP contribution >= 0.6 is 48.0 Å². The van der Waals surface area contributed by atoms with Gasteiger partial charge in [0.25, 0.3) is 0 Å². The van der Waals surface area contributed by atoms with E-state index in [1.54, 1.807) is 12.2 Å². The summed E-state index contributed by atoms with van der Waals surface area (Å²) in [5.74, 6) is 1.69. The molecule has 48 heavy (non-hydrogen) atoms. The second-order valence-electron chi connectivity index (χ2n) is 12.7. The van der Waals surface area contributed by atoms with E-state index >= 15 is 0 Å². The zero-order valence-electron chi connectivity index (χ0n) is 27.5. The van der Waals surface area contributed by atoms with Gasteiger partial charge in [-0.15, -0.1) is 24.8 Å². The molecule has 5 rings (SSSR count). The predicted molar refractivity (Wildman–Crippen MR) is 205 cm³/mol. The molecule has 3 aliphatic rings. The van der Waals surface area contributed by atoms with Gasteiger partial charge in [-0.05, 0) is 72.9 Å². The van der Waals surface area contributed by atoms with Gasteiger partial charge in [0.15, 0.2) is 0 Å². The van der Waals surface area contributed by atoms with E-state index in [0.717, 1.165) is 98.5 Å². The third kappa shape index (κ3) is 13.0. The Morgan fingerprint density at radius 3 is 1.21 bits per heavy atom. The van der Waals surface area contributed by atoms with Crippen LogP contribution in [0.25, 0.3) is 12.2 Å². The maximum absolute atomic E-state index is 12.6. The SMILES string of the molecule is Cl.Cl.O=C(/C=C/C=C/c1ccc(Cl)cc1)N1CCN(CC2CCC(CN3CCN(C(=O)/C=C/C=C/c4ccc(Cl)cc4)CC3)CC2)CC1. The van der Waals surface area contributed by atoms with Gasteiger partial charge in [-0.3, -0.25) is 19.4 Å². The minimum absolute atomic E-state index is 0. The van der Waals surface area contributed by atoms with Crippen LogP contribution in [0.4, 0.5) is 0 Å². The molecule has 2 aliphatic heterocycles. The van der Waals surface area contributed by atoms with Crippen molar-refractivity contribution in [2.24, 2.45) is 11.8 Å². The number of carbonyl (C=O) groups excluding carboxylic acids is 2. The van der Waals surface area contributed by atoms with Crippen LogP contribution < -0.4 is 0 Å². The van der Waals surface area contributed by atoms with E-state index in [1.165, 1.54) is 25.7 Å². The van der Waals surface area contributed by atoms with Gasteiger partial charge >= 0.3 is 0 Å². The molecule has 3 fully saturated rings. The molecular formula is C38H48Cl4N4O2. The highest BCUT2D eigenvalue weighted by molar-refractivity contribution is 6.30. The summed E-state index contributed by atoms with van der Waals surface area (Å²) >= 11 is 11.9. The summed E-state index contributed by atoms with van der Waals surface area (Å²) in [4.78, 5) is 34.3. The summed E-state index contributed by atoms with van der Waals surface area (Å²) in [6, 6.07) is 15.3. The summed E-state index contributed by atoms with van der Waals surface area (Å²) in [5.41, 5.74) is 2.11. The topological polar surface area (TPSA) is 47.1 Å². The number of carbonyl (C=O) groups is 2. The highest BCUT2D eigenvalue weighted by Gasteiger charge is 2.28. The molecule has 0 N–H and O–H groups in total. The van der Waals surface area contributed by atoms with Crippen molar-refractivity contribution in [2.75, 3.05) is 65.4 Å². The van der Waals surface area contributed by atoms with Gasteiger partial charge in [0.1, 0.15) is 0 Å². The zero-order valence-corrected chi connectivity index (χ0v) is 30.6. The van der Waals surface area contributed by atoms with Crippen molar-refractivity contribution < 1.29 is 9.59 Å². The van der Waals surface area contributed by atoms with Gasteiger partial charge in [0.05, 0.1) is 0 Å². The second-order valence-corrected chi connectivity index (χ2v) is 13.6. The Kier molecular flexibility index (Phi) is 17.3. The lowest BCUT2D eigenvalue weighted by Crippen LogP contribution is -2.50. The highest BCUT2D eigenvalue weighted by atomic mass is 35.5. The largest absolute Gasteiger partial charge is 0.337 e. The quantitative estimate of drug-likeness (QED) is 0.185. The summed E-state index contributed by atoms with van der Waals surface area (Å²) in [5, 5.41) is 1.44. The molecule has 0 unspecified atom stereocenters. The van der Waals surface area contributed by atoms with Gasteiger partial charge in [-0.2, -0.15) is 0 Å². The van der Waals surface area contributed by atoms with Crippen molar-refractivity contribution in [3.8, 4) is 0 Å². The average molecular weight is 735 g/mol. The third-order valence-corrected chi connectivity index (χ3v) is 9.89. The monoisotopic (exact) mass is 732 g/mol. The van der Waals surface area contributed by atoms with E-state index in [9.17, 15) is 9.59 Å². The van der Waals surface area contributed by atoms with Crippen LogP contribution in [-0.2, 0) is 9.59 Å². The fourth-order valence-corrected chi connectivity index (χ4v) is 6.85. The summed E-state index contributed by atoms with van der Waals surface area (Å²) < 4.78 is 0. The van der Waals surface area contributed by atoms with Crippen molar-refractivity contribution in [3.63, 3.8) is 0 Å². The predicted octanol–water partition coefficient (Wildman–Crippen LogP) is 7.77. The minimum atomic E-state index is 0. The van der Waals surface area contributed by atoms with Crippen molar-refractivity contribution in [3.05, 3.63) is 106 Å². The Hall–Kier alpha value is -2.58. The number of hydrogen-bond acceptors (Lipinski definition) is 4. The molecule has 0 aromatic heterocycles. The number of benzene rings is 2. The first kappa shape index (κ1) is 39.9. The second kappa shape index (κ2) is 20.8. The number of halogens is 4. The number of allylic oxidation sites excluding steroid dienone is 4. The van der Waals surface area contributed by atoms with Crippen molar-refractivity contribution in [1.82, 2.24) is 19.6 Å². The van der Waals surface area contributed by atoms with Crippen LogP contribution in [0.1, 0.15) is 36.8 Å². The lowest BCUT2D eigenvalue weighted by atomic mass is 9.81. The van der Waals surface area contributed by atoms with Gasteiger partial charge < -0.3 is 9.80 Å². The molecule has 0 spiro atoms. The van der Waals surface area contributed by atoms with Crippen LogP contribution in [0.2, 0.25) is 10.0 Å². The standard InChI is InChI=1S/C38H46Cl2N4O2.2ClH/c39-35-17-13-31(14-18-35)5-1-3-7-37(45)43-25-21-41(22-26-43)29-33-9-11-34(12-10-33)30-42-23-27-44(28-24-42)38(46)8-4-2-6-32-15-19-36(40)20-16-32;;/h1-8,13-20,33-34H,9-12,21-30H2;2*1H/b5-1+,6-2+,7-3+,8-4+;;. The molecule has 2 aromatic rings. The first-order valence-electron chi connectivity index (χ1n) is 16.6. The van der Waals surface area contributed by atoms with E-state index < -0.39 is 0 Å². The fraction of sp³-hybridized carbons (Fsp3) is 0.421. The number of amides is 2. The van der Waals surface area contributed by atoms with Crippen molar-refractivity contribution in [2.45, 2.75) is 25.7 Å². The Balaban J connectivity index is 0.00000312. The molecule has 6 nitrogen and oxygen atoms in total. The van der Waals surface area contributed by atoms with E-state index in [4.69, 9.17) is 23.2 Å². The molecule has 0 bridgehead atoms. The molecule has 0 radical (unpaired) electrons. The van der Waals surface area contributed by atoms with E-state index in [1.807, 2.05) is 94.8 Å². The van der Waals surface area contributed by atoms with E-state index in [2.05, 4.69) is 9.80 Å². The molecule has 260 valence electrons. The van der Waals surface area contributed by atoms with E-state index in [-0.39, 0.29) is 36.6 Å². The molecule has 10 heteroatoms. The normalized spacial score (nSPS) is 21.2. The minimum Gasteiger partial charge on any atom is -0.337 e. The zero-order chi connectivity index (χ0) is 32.1.